The van der Waals surface area contributed by atoms with Gasteiger partial charge in [0.1, 0.15) is 0 Å². The van der Waals surface area contributed by atoms with E-state index >= 15 is 0 Å². The lowest BCUT2D eigenvalue weighted by atomic mass is 9.78. The molecule has 0 bridgehead atoms. The number of hydrogen-bond donors (Lipinski definition) is 1. The van der Waals surface area contributed by atoms with Crippen LogP contribution in [0.2, 0.25) is 0 Å². The van der Waals surface area contributed by atoms with Crippen LogP contribution in [0.25, 0.3) is 0 Å². The Balaban J connectivity index is 1.90. The summed E-state index contributed by atoms with van der Waals surface area (Å²) in [7, 11) is 1.60. The van der Waals surface area contributed by atoms with Crippen molar-refractivity contribution < 1.29 is 19.3 Å². The van der Waals surface area contributed by atoms with Crippen molar-refractivity contribution in [3.05, 3.63) is 23.4 Å². The van der Waals surface area contributed by atoms with E-state index in [2.05, 4.69) is 20.9 Å². The van der Waals surface area contributed by atoms with Gasteiger partial charge in [-0.05, 0) is 12.0 Å². The molecule has 1 aliphatic carbocycles. The SMILES string of the molecule is COc1ccc([C@H]2CC3(CC[C@@H]2O)OCCO3)c(CBr)n1. The van der Waals surface area contributed by atoms with Gasteiger partial charge in [-0.2, -0.15) is 0 Å². The smallest absolute Gasteiger partial charge is 0.213 e. The van der Waals surface area contributed by atoms with Crippen molar-refractivity contribution in [2.45, 2.75) is 42.4 Å². The van der Waals surface area contributed by atoms with Crippen molar-refractivity contribution in [3.63, 3.8) is 0 Å². The molecule has 5 nitrogen and oxygen atoms in total. The molecule has 1 N–H and O–H groups in total. The molecule has 1 saturated carbocycles. The Morgan fingerprint density at radius 3 is 2.86 bits per heavy atom. The topological polar surface area (TPSA) is 60.8 Å². The van der Waals surface area contributed by atoms with E-state index in [4.69, 9.17) is 14.2 Å². The number of methoxy groups -OCH3 is 1. The number of halogens is 1. The van der Waals surface area contributed by atoms with Gasteiger partial charge in [0.2, 0.25) is 5.88 Å². The molecule has 0 radical (unpaired) electrons. The summed E-state index contributed by atoms with van der Waals surface area (Å²) < 4.78 is 16.8. The van der Waals surface area contributed by atoms with Crippen molar-refractivity contribution in [2.24, 2.45) is 0 Å². The first-order chi connectivity index (χ1) is 10.2. The molecular weight excluding hydrogens is 338 g/mol. The van der Waals surface area contributed by atoms with Crippen LogP contribution < -0.4 is 4.74 Å². The monoisotopic (exact) mass is 357 g/mol. The van der Waals surface area contributed by atoms with Gasteiger partial charge in [0, 0.05) is 30.2 Å². The van der Waals surface area contributed by atoms with Gasteiger partial charge in [0.05, 0.1) is 32.1 Å². The molecule has 0 amide bonds. The first-order valence-electron chi connectivity index (χ1n) is 7.23. The summed E-state index contributed by atoms with van der Waals surface area (Å²) in [6.07, 6.45) is 1.70. The Morgan fingerprint density at radius 2 is 2.19 bits per heavy atom. The lowest BCUT2D eigenvalue weighted by molar-refractivity contribution is -0.193. The molecule has 3 rings (SSSR count). The average molecular weight is 358 g/mol. The van der Waals surface area contributed by atoms with E-state index < -0.39 is 11.9 Å². The molecule has 2 atom stereocenters. The molecule has 0 aromatic carbocycles. The van der Waals surface area contributed by atoms with E-state index in [1.54, 1.807) is 7.11 Å². The summed E-state index contributed by atoms with van der Waals surface area (Å²) in [5.41, 5.74) is 1.94. The fourth-order valence-electron chi connectivity index (χ4n) is 3.27. The predicted octanol–water partition coefficient (Wildman–Crippen LogP) is 2.36. The van der Waals surface area contributed by atoms with Crippen LogP contribution in [0, 0.1) is 0 Å². The molecule has 1 spiro atoms. The number of aromatic nitrogens is 1. The maximum absolute atomic E-state index is 10.4. The minimum atomic E-state index is -0.520. The van der Waals surface area contributed by atoms with Crippen LogP contribution in [-0.4, -0.2) is 42.3 Å². The van der Waals surface area contributed by atoms with Gasteiger partial charge in [-0.25, -0.2) is 4.98 Å². The second-order valence-corrected chi connectivity index (χ2v) is 6.11. The van der Waals surface area contributed by atoms with Crippen molar-refractivity contribution in [3.8, 4) is 5.88 Å². The molecule has 2 heterocycles. The first-order valence-corrected chi connectivity index (χ1v) is 8.35. The third-order valence-corrected chi connectivity index (χ3v) is 4.88. The number of alkyl halides is 1. The summed E-state index contributed by atoms with van der Waals surface area (Å²) in [6.45, 7) is 1.27. The van der Waals surface area contributed by atoms with Crippen LogP contribution in [0.15, 0.2) is 12.1 Å². The van der Waals surface area contributed by atoms with E-state index in [1.807, 2.05) is 12.1 Å². The molecule has 1 aromatic heterocycles. The van der Waals surface area contributed by atoms with Gasteiger partial charge in [-0.15, -0.1) is 0 Å². The van der Waals surface area contributed by atoms with Crippen molar-refractivity contribution >= 4 is 15.9 Å². The summed E-state index contributed by atoms with van der Waals surface area (Å²) in [5, 5.41) is 11.0. The van der Waals surface area contributed by atoms with Crippen molar-refractivity contribution in [1.29, 1.82) is 0 Å². The summed E-state index contributed by atoms with van der Waals surface area (Å²) >= 11 is 3.47. The highest BCUT2D eigenvalue weighted by Gasteiger charge is 2.45. The van der Waals surface area contributed by atoms with Gasteiger partial charge in [-0.1, -0.05) is 22.0 Å². The molecule has 2 aliphatic rings. The maximum Gasteiger partial charge on any atom is 0.213 e. The number of pyridine rings is 1. The largest absolute Gasteiger partial charge is 0.481 e. The van der Waals surface area contributed by atoms with Crippen LogP contribution in [0.3, 0.4) is 0 Å². The van der Waals surface area contributed by atoms with E-state index in [0.717, 1.165) is 17.7 Å². The van der Waals surface area contributed by atoms with Crippen LogP contribution in [0.5, 0.6) is 5.88 Å². The van der Waals surface area contributed by atoms with Crippen LogP contribution in [-0.2, 0) is 14.8 Å². The minimum absolute atomic E-state index is 0.0252. The quantitative estimate of drug-likeness (QED) is 0.841. The molecule has 21 heavy (non-hydrogen) atoms. The average Bonchev–Trinajstić information content (AvgIpc) is 2.97. The second-order valence-electron chi connectivity index (χ2n) is 5.55. The lowest BCUT2D eigenvalue weighted by Gasteiger charge is -2.39. The van der Waals surface area contributed by atoms with E-state index in [-0.39, 0.29) is 5.92 Å². The number of aliphatic hydroxyl groups is 1. The standard InChI is InChI=1S/C15H20BrNO4/c1-19-14-3-2-10(12(9-16)17-14)11-8-15(5-4-13(11)18)20-6-7-21-15/h2-3,11,13,18H,4-9H2,1H3/t11-,13+/m1/s1. The van der Waals surface area contributed by atoms with E-state index in [0.29, 0.717) is 37.3 Å². The minimum Gasteiger partial charge on any atom is -0.481 e. The molecule has 116 valence electrons. The number of rotatable bonds is 3. The third kappa shape index (κ3) is 2.95. The Kier molecular flexibility index (Phi) is 4.49. The zero-order chi connectivity index (χ0) is 14.9. The van der Waals surface area contributed by atoms with Gasteiger partial charge in [-0.3, -0.25) is 0 Å². The Labute approximate surface area is 132 Å². The Bertz CT molecular complexity index is 504. The van der Waals surface area contributed by atoms with Crippen LogP contribution in [0.4, 0.5) is 0 Å². The van der Waals surface area contributed by atoms with Gasteiger partial charge < -0.3 is 19.3 Å². The molecule has 1 aromatic rings. The third-order valence-electron chi connectivity index (χ3n) is 4.35. The maximum atomic E-state index is 10.4. The molecule has 6 heteroatoms. The molecule has 0 unspecified atom stereocenters. The second kappa shape index (κ2) is 6.20. The molecule has 2 fully saturated rings. The molecule has 1 saturated heterocycles. The van der Waals surface area contributed by atoms with Gasteiger partial charge >= 0.3 is 0 Å². The molecular formula is C15H20BrNO4. The van der Waals surface area contributed by atoms with E-state index in [1.165, 1.54) is 0 Å². The summed E-state index contributed by atoms with van der Waals surface area (Å²) in [6, 6.07) is 3.83. The van der Waals surface area contributed by atoms with Gasteiger partial charge in [0.15, 0.2) is 5.79 Å². The summed E-state index contributed by atoms with van der Waals surface area (Å²) in [5.74, 6) is 0.0392. The van der Waals surface area contributed by atoms with Gasteiger partial charge in [0.25, 0.3) is 0 Å². The molecule has 1 aliphatic heterocycles. The highest BCUT2D eigenvalue weighted by atomic mass is 79.9. The fourth-order valence-corrected chi connectivity index (χ4v) is 3.72. The van der Waals surface area contributed by atoms with Crippen LogP contribution in [0.1, 0.15) is 36.4 Å². The first kappa shape index (κ1) is 15.2. The Morgan fingerprint density at radius 1 is 1.43 bits per heavy atom. The van der Waals surface area contributed by atoms with Crippen molar-refractivity contribution in [2.75, 3.05) is 20.3 Å². The number of ether oxygens (including phenoxy) is 3. The highest BCUT2D eigenvalue weighted by Crippen LogP contribution is 2.44. The van der Waals surface area contributed by atoms with Crippen molar-refractivity contribution in [1.82, 2.24) is 4.98 Å². The summed E-state index contributed by atoms with van der Waals surface area (Å²) in [4.78, 5) is 4.47. The zero-order valence-corrected chi connectivity index (χ0v) is 13.6. The normalized spacial score (nSPS) is 28.0. The number of nitrogens with zero attached hydrogens (tertiary/aromatic N) is 1. The predicted molar refractivity (Wildman–Crippen MR) is 80.7 cm³/mol. The lowest BCUT2D eigenvalue weighted by Crippen LogP contribution is -2.41. The number of aliphatic hydroxyl groups excluding tert-OH is 1. The zero-order valence-electron chi connectivity index (χ0n) is 12.0. The fraction of sp³-hybridized carbons (Fsp3) is 0.667. The van der Waals surface area contributed by atoms with E-state index in [9.17, 15) is 5.11 Å². The number of hydrogen-bond acceptors (Lipinski definition) is 5. The highest BCUT2D eigenvalue weighted by molar-refractivity contribution is 9.08. The Hall–Kier alpha value is -0.690. The van der Waals surface area contributed by atoms with Crippen LogP contribution >= 0.6 is 15.9 Å².